The standard InChI is InChI=1S/C47H27N5O/c48-28-34-17-7-9-21-37(34)36-26-40(38-22-10-8-18-35(38)29-49)44-41(27-36)43-39(23-12-24-42(43)53-44)47-51-45(31-15-5-2-6-16-31)50-46(52-47)33-20-11-19-32(25-33)30-13-3-1-4-14-30/h1-27H. The predicted molar refractivity (Wildman–Crippen MR) is 209 cm³/mol. The lowest BCUT2D eigenvalue weighted by Gasteiger charge is -2.11. The fraction of sp³-hybridized carbons (Fsp3) is 0. The Kier molecular flexibility index (Phi) is 7.82. The molecule has 0 atom stereocenters. The molecule has 0 N–H and O–H groups in total. The number of nitrogens with zero attached hydrogens (tertiary/aromatic N) is 5. The minimum atomic E-state index is 0.495. The second-order valence-corrected chi connectivity index (χ2v) is 12.6. The topological polar surface area (TPSA) is 99.4 Å². The van der Waals surface area contributed by atoms with Crippen molar-refractivity contribution in [3.63, 3.8) is 0 Å². The maximum absolute atomic E-state index is 10.1. The third-order valence-corrected chi connectivity index (χ3v) is 9.43. The summed E-state index contributed by atoms with van der Waals surface area (Å²) in [5.41, 5.74) is 10.1. The zero-order valence-corrected chi connectivity index (χ0v) is 28.2. The van der Waals surface area contributed by atoms with Crippen molar-refractivity contribution in [2.75, 3.05) is 0 Å². The Labute approximate surface area is 305 Å². The number of hydrogen-bond donors (Lipinski definition) is 0. The van der Waals surface area contributed by atoms with Gasteiger partial charge in [-0.2, -0.15) is 10.5 Å². The van der Waals surface area contributed by atoms with Crippen molar-refractivity contribution in [3.05, 3.63) is 175 Å². The first-order valence-electron chi connectivity index (χ1n) is 17.1. The van der Waals surface area contributed by atoms with Gasteiger partial charge < -0.3 is 4.42 Å². The van der Waals surface area contributed by atoms with Crippen LogP contribution in [0, 0.1) is 22.7 Å². The van der Waals surface area contributed by atoms with Gasteiger partial charge in [0, 0.05) is 38.6 Å². The summed E-state index contributed by atoms with van der Waals surface area (Å²) in [6.45, 7) is 0. The Balaban J connectivity index is 1.33. The van der Waals surface area contributed by atoms with E-state index in [2.05, 4.69) is 42.5 Å². The van der Waals surface area contributed by atoms with Crippen LogP contribution in [0.15, 0.2) is 168 Å². The molecule has 0 aliphatic heterocycles. The Morgan fingerprint density at radius 1 is 0.396 bits per heavy atom. The van der Waals surface area contributed by atoms with Crippen LogP contribution in [0.25, 0.3) is 89.5 Å². The van der Waals surface area contributed by atoms with Crippen LogP contribution in [0.1, 0.15) is 11.1 Å². The van der Waals surface area contributed by atoms with Crippen molar-refractivity contribution >= 4 is 21.9 Å². The molecule has 0 spiro atoms. The maximum atomic E-state index is 10.1. The van der Waals surface area contributed by atoms with Gasteiger partial charge in [-0.15, -0.1) is 0 Å². The van der Waals surface area contributed by atoms with E-state index in [4.69, 9.17) is 19.4 Å². The normalized spacial score (nSPS) is 11.0. The molecule has 9 rings (SSSR count). The van der Waals surface area contributed by atoms with Crippen LogP contribution in [-0.2, 0) is 0 Å². The minimum Gasteiger partial charge on any atom is -0.455 e. The van der Waals surface area contributed by atoms with Gasteiger partial charge in [0.1, 0.15) is 11.2 Å². The Morgan fingerprint density at radius 3 is 1.68 bits per heavy atom. The Bertz CT molecular complexity index is 2920. The van der Waals surface area contributed by atoms with E-state index in [0.717, 1.165) is 60.8 Å². The first-order chi connectivity index (χ1) is 26.2. The number of furan rings is 1. The first-order valence-corrected chi connectivity index (χ1v) is 17.1. The van der Waals surface area contributed by atoms with E-state index in [-0.39, 0.29) is 0 Å². The van der Waals surface area contributed by atoms with E-state index in [1.54, 1.807) is 6.07 Å². The lowest BCUT2D eigenvalue weighted by molar-refractivity contribution is 0.670. The average Bonchev–Trinajstić information content (AvgIpc) is 3.63. The SMILES string of the molecule is N#Cc1ccccc1-c1cc(-c2ccccc2C#N)c2oc3cccc(-c4nc(-c5ccccc5)nc(-c5cccc(-c6ccccc6)c5)n4)c3c2c1. The molecule has 0 fully saturated rings. The van der Waals surface area contributed by atoms with Gasteiger partial charge in [-0.25, -0.2) is 15.0 Å². The van der Waals surface area contributed by atoms with Crippen molar-refractivity contribution in [2.24, 2.45) is 0 Å². The Hall–Kier alpha value is -7.67. The van der Waals surface area contributed by atoms with E-state index in [1.165, 1.54) is 0 Å². The lowest BCUT2D eigenvalue weighted by atomic mass is 9.91. The lowest BCUT2D eigenvalue weighted by Crippen LogP contribution is -2.00. The molecule has 2 aromatic heterocycles. The number of fused-ring (bicyclic) bond motifs is 3. The van der Waals surface area contributed by atoms with E-state index >= 15 is 0 Å². The molecular weight excluding hydrogens is 651 g/mol. The number of aromatic nitrogens is 3. The third-order valence-electron chi connectivity index (χ3n) is 9.43. The number of rotatable bonds is 6. The van der Waals surface area contributed by atoms with Gasteiger partial charge in [0.2, 0.25) is 0 Å². The zero-order chi connectivity index (χ0) is 35.7. The van der Waals surface area contributed by atoms with Gasteiger partial charge in [0.25, 0.3) is 0 Å². The highest BCUT2D eigenvalue weighted by Crippen LogP contribution is 2.44. The largest absolute Gasteiger partial charge is 0.455 e. The molecule has 6 heteroatoms. The molecule has 0 radical (unpaired) electrons. The highest BCUT2D eigenvalue weighted by atomic mass is 16.3. The molecule has 6 nitrogen and oxygen atoms in total. The molecule has 0 unspecified atom stereocenters. The van der Waals surface area contributed by atoms with Crippen LogP contribution >= 0.6 is 0 Å². The maximum Gasteiger partial charge on any atom is 0.164 e. The van der Waals surface area contributed by atoms with Gasteiger partial charge in [-0.05, 0) is 58.7 Å². The highest BCUT2D eigenvalue weighted by molar-refractivity contribution is 6.16. The van der Waals surface area contributed by atoms with Crippen molar-refractivity contribution in [1.29, 1.82) is 10.5 Å². The van der Waals surface area contributed by atoms with Crippen molar-refractivity contribution in [3.8, 4) is 79.7 Å². The van der Waals surface area contributed by atoms with E-state index < -0.39 is 0 Å². The van der Waals surface area contributed by atoms with Crippen LogP contribution in [0.4, 0.5) is 0 Å². The van der Waals surface area contributed by atoms with E-state index in [0.29, 0.717) is 39.8 Å². The van der Waals surface area contributed by atoms with Crippen LogP contribution < -0.4 is 0 Å². The first kappa shape index (κ1) is 31.3. The van der Waals surface area contributed by atoms with Crippen molar-refractivity contribution in [2.45, 2.75) is 0 Å². The molecular formula is C47H27N5O. The fourth-order valence-corrected chi connectivity index (χ4v) is 6.93. The number of hydrogen-bond acceptors (Lipinski definition) is 6. The number of nitriles is 2. The molecule has 0 aliphatic rings. The van der Waals surface area contributed by atoms with Crippen LogP contribution in [0.2, 0.25) is 0 Å². The highest BCUT2D eigenvalue weighted by Gasteiger charge is 2.22. The molecule has 7 aromatic carbocycles. The second kappa shape index (κ2) is 13.2. The summed E-state index contributed by atoms with van der Waals surface area (Å²) in [4.78, 5) is 15.2. The second-order valence-electron chi connectivity index (χ2n) is 12.6. The molecule has 0 aliphatic carbocycles. The van der Waals surface area contributed by atoms with Crippen molar-refractivity contribution < 1.29 is 4.42 Å². The molecule has 9 aromatic rings. The fourth-order valence-electron chi connectivity index (χ4n) is 6.93. The summed E-state index contributed by atoms with van der Waals surface area (Å²) in [6, 6.07) is 58.0. The van der Waals surface area contributed by atoms with Gasteiger partial charge >= 0.3 is 0 Å². The monoisotopic (exact) mass is 677 g/mol. The summed E-state index contributed by atoms with van der Waals surface area (Å²) in [7, 11) is 0. The smallest absolute Gasteiger partial charge is 0.164 e. The van der Waals surface area contributed by atoms with E-state index in [9.17, 15) is 10.5 Å². The minimum absolute atomic E-state index is 0.495. The number of benzene rings is 7. The molecule has 53 heavy (non-hydrogen) atoms. The van der Waals surface area contributed by atoms with Crippen LogP contribution in [-0.4, -0.2) is 15.0 Å². The summed E-state index contributed by atoms with van der Waals surface area (Å²) in [5.74, 6) is 1.59. The van der Waals surface area contributed by atoms with E-state index in [1.807, 2.05) is 127 Å². The van der Waals surface area contributed by atoms with Gasteiger partial charge in [-0.1, -0.05) is 127 Å². The average molecular weight is 678 g/mol. The quantitative estimate of drug-likeness (QED) is 0.174. The molecule has 0 bridgehead atoms. The summed E-state index contributed by atoms with van der Waals surface area (Å²) in [6.07, 6.45) is 0. The van der Waals surface area contributed by atoms with Crippen LogP contribution in [0.3, 0.4) is 0 Å². The van der Waals surface area contributed by atoms with Gasteiger partial charge in [-0.3, -0.25) is 0 Å². The molecule has 0 amide bonds. The predicted octanol–water partition coefficient (Wildman–Crippen LogP) is 11.5. The summed E-state index contributed by atoms with van der Waals surface area (Å²) >= 11 is 0. The van der Waals surface area contributed by atoms with Gasteiger partial charge in [0.05, 0.1) is 23.3 Å². The van der Waals surface area contributed by atoms with Crippen LogP contribution in [0.5, 0.6) is 0 Å². The molecule has 0 saturated carbocycles. The third kappa shape index (κ3) is 5.67. The summed E-state index contributed by atoms with van der Waals surface area (Å²) < 4.78 is 6.70. The van der Waals surface area contributed by atoms with Crippen molar-refractivity contribution in [1.82, 2.24) is 15.0 Å². The summed E-state index contributed by atoms with van der Waals surface area (Å²) in [5, 5.41) is 21.8. The zero-order valence-electron chi connectivity index (χ0n) is 28.2. The van der Waals surface area contributed by atoms with Gasteiger partial charge in [0.15, 0.2) is 17.5 Å². The molecule has 0 saturated heterocycles. The molecule has 246 valence electrons. The Morgan fingerprint density at radius 2 is 0.943 bits per heavy atom. The molecule has 2 heterocycles.